The third-order valence-corrected chi connectivity index (χ3v) is 4.07. The molecule has 3 amide bonds. The van der Waals surface area contributed by atoms with E-state index in [-0.39, 0.29) is 30.2 Å². The fraction of sp³-hybridized carbons (Fsp3) is 0.353. The molecule has 1 aromatic heterocycles. The van der Waals surface area contributed by atoms with Crippen molar-refractivity contribution in [2.24, 2.45) is 0 Å². The van der Waals surface area contributed by atoms with Gasteiger partial charge in [-0.05, 0) is 25.0 Å². The second-order valence-electron chi connectivity index (χ2n) is 6.09. The van der Waals surface area contributed by atoms with Crippen LogP contribution in [0.5, 0.6) is 0 Å². The highest BCUT2D eigenvalue weighted by Gasteiger charge is 2.37. The van der Waals surface area contributed by atoms with Crippen LogP contribution in [0.25, 0.3) is 0 Å². The molecular formula is C17H21N7O2. The van der Waals surface area contributed by atoms with Crippen LogP contribution in [-0.2, 0) is 11.3 Å². The first kappa shape index (κ1) is 17.6. The molecule has 136 valence electrons. The number of para-hydroxylation sites is 1. The molecule has 0 unspecified atom stereocenters. The lowest BCUT2D eigenvalue weighted by molar-refractivity contribution is -0.128. The minimum Gasteiger partial charge on any atom is -0.368 e. The van der Waals surface area contributed by atoms with Gasteiger partial charge in [0.1, 0.15) is 6.04 Å². The Bertz CT molecular complexity index is 840. The summed E-state index contributed by atoms with van der Waals surface area (Å²) in [6.45, 7) is 3.85. The van der Waals surface area contributed by atoms with Crippen LogP contribution in [0.15, 0.2) is 24.3 Å². The third-order valence-electron chi connectivity index (χ3n) is 4.07. The Hall–Kier alpha value is -3.23. The minimum absolute atomic E-state index is 0.0169. The summed E-state index contributed by atoms with van der Waals surface area (Å²) in [5.74, 6) is 0.251. The average Bonchev–Trinajstić information content (AvgIpc) is 2.84. The lowest BCUT2D eigenvalue weighted by atomic mass is 10.2. The number of aryl methyl sites for hydroxylation is 1. The number of nitrogen functional groups attached to an aromatic ring is 1. The van der Waals surface area contributed by atoms with Gasteiger partial charge in [-0.2, -0.15) is 15.0 Å². The SMILES string of the molecule is CCC[C@H]1NC(=O)N(Cc2nc(N)nc(Nc3ccccc3C)n2)C1=O. The molecule has 1 fully saturated rings. The third kappa shape index (κ3) is 3.71. The molecule has 0 saturated carbocycles. The Morgan fingerprint density at radius 1 is 1.23 bits per heavy atom. The molecule has 1 aliphatic heterocycles. The smallest absolute Gasteiger partial charge is 0.325 e. The standard InChI is InChI=1S/C17H21N7O2/c1-3-6-12-14(25)24(17(26)20-12)9-13-21-15(18)23-16(22-13)19-11-8-5-4-7-10(11)2/h4-5,7-8,12H,3,6,9H2,1-2H3,(H,20,26)(H3,18,19,21,22,23)/t12-/m1/s1. The first-order valence-electron chi connectivity index (χ1n) is 8.43. The van der Waals surface area contributed by atoms with Gasteiger partial charge in [0.25, 0.3) is 5.91 Å². The fourth-order valence-corrected chi connectivity index (χ4v) is 2.75. The van der Waals surface area contributed by atoms with Crippen LogP contribution in [0.3, 0.4) is 0 Å². The highest BCUT2D eigenvalue weighted by Crippen LogP contribution is 2.19. The van der Waals surface area contributed by atoms with Crippen LogP contribution < -0.4 is 16.4 Å². The highest BCUT2D eigenvalue weighted by molar-refractivity contribution is 6.04. The molecule has 1 saturated heterocycles. The van der Waals surface area contributed by atoms with Crippen LogP contribution in [0.4, 0.5) is 22.4 Å². The summed E-state index contributed by atoms with van der Waals surface area (Å²) in [6, 6.07) is 6.73. The summed E-state index contributed by atoms with van der Waals surface area (Å²) in [7, 11) is 0. The van der Waals surface area contributed by atoms with Crippen molar-refractivity contribution in [1.82, 2.24) is 25.2 Å². The number of imide groups is 1. The summed E-state index contributed by atoms with van der Waals surface area (Å²) in [5, 5.41) is 5.75. The van der Waals surface area contributed by atoms with Crippen molar-refractivity contribution >= 4 is 29.5 Å². The van der Waals surface area contributed by atoms with Gasteiger partial charge < -0.3 is 16.4 Å². The Morgan fingerprint density at radius 3 is 2.73 bits per heavy atom. The summed E-state index contributed by atoms with van der Waals surface area (Å²) < 4.78 is 0. The zero-order chi connectivity index (χ0) is 18.7. The topological polar surface area (TPSA) is 126 Å². The van der Waals surface area contributed by atoms with Crippen molar-refractivity contribution in [2.45, 2.75) is 39.3 Å². The molecule has 1 aromatic carbocycles. The van der Waals surface area contributed by atoms with Gasteiger partial charge >= 0.3 is 6.03 Å². The van der Waals surface area contributed by atoms with Gasteiger partial charge in [0.2, 0.25) is 11.9 Å². The minimum atomic E-state index is -0.490. The van der Waals surface area contributed by atoms with Gasteiger partial charge in [-0.1, -0.05) is 31.5 Å². The molecule has 9 heteroatoms. The molecule has 2 heterocycles. The van der Waals surface area contributed by atoms with Crippen LogP contribution in [-0.4, -0.2) is 37.8 Å². The Labute approximate surface area is 151 Å². The summed E-state index contributed by atoms with van der Waals surface area (Å²) in [5.41, 5.74) is 7.62. The predicted molar refractivity (Wildman–Crippen MR) is 96.5 cm³/mol. The highest BCUT2D eigenvalue weighted by atomic mass is 16.2. The van der Waals surface area contributed by atoms with E-state index in [1.165, 1.54) is 0 Å². The number of benzene rings is 1. The number of aromatic nitrogens is 3. The molecule has 4 N–H and O–H groups in total. The average molecular weight is 355 g/mol. The van der Waals surface area contributed by atoms with E-state index in [1.54, 1.807) is 0 Å². The number of anilines is 3. The fourth-order valence-electron chi connectivity index (χ4n) is 2.75. The monoisotopic (exact) mass is 355 g/mol. The van der Waals surface area contributed by atoms with E-state index in [1.807, 2.05) is 38.1 Å². The molecule has 0 spiro atoms. The maximum atomic E-state index is 12.3. The number of hydrogen-bond donors (Lipinski definition) is 3. The molecule has 0 bridgehead atoms. The number of hydrogen-bond acceptors (Lipinski definition) is 7. The molecule has 3 rings (SSSR count). The molecule has 1 atom stereocenters. The second-order valence-corrected chi connectivity index (χ2v) is 6.09. The van der Waals surface area contributed by atoms with Crippen molar-refractivity contribution in [3.63, 3.8) is 0 Å². The number of carbonyl (C=O) groups is 2. The van der Waals surface area contributed by atoms with E-state index in [4.69, 9.17) is 5.73 Å². The molecule has 9 nitrogen and oxygen atoms in total. The Morgan fingerprint density at radius 2 is 2.00 bits per heavy atom. The maximum Gasteiger partial charge on any atom is 0.325 e. The molecule has 2 aromatic rings. The van der Waals surface area contributed by atoms with Gasteiger partial charge in [-0.15, -0.1) is 0 Å². The van der Waals surface area contributed by atoms with Gasteiger partial charge in [0.05, 0.1) is 6.54 Å². The number of nitrogens with two attached hydrogens (primary N) is 1. The maximum absolute atomic E-state index is 12.3. The molecule has 26 heavy (non-hydrogen) atoms. The van der Waals surface area contributed by atoms with Gasteiger partial charge in [0.15, 0.2) is 5.82 Å². The lowest BCUT2D eigenvalue weighted by Crippen LogP contribution is -2.32. The van der Waals surface area contributed by atoms with Crippen molar-refractivity contribution < 1.29 is 9.59 Å². The number of nitrogens with zero attached hydrogens (tertiary/aromatic N) is 4. The first-order valence-corrected chi connectivity index (χ1v) is 8.43. The Balaban J connectivity index is 1.79. The quantitative estimate of drug-likeness (QED) is 0.674. The number of rotatable bonds is 6. The van der Waals surface area contributed by atoms with E-state index in [0.717, 1.165) is 22.6 Å². The zero-order valence-electron chi connectivity index (χ0n) is 14.7. The van der Waals surface area contributed by atoms with E-state index >= 15 is 0 Å². The van der Waals surface area contributed by atoms with Gasteiger partial charge in [-0.3, -0.25) is 9.69 Å². The molecule has 0 radical (unpaired) electrons. The van der Waals surface area contributed by atoms with Crippen LogP contribution >= 0.6 is 0 Å². The molecule has 1 aliphatic rings. The number of nitrogens with one attached hydrogen (secondary N) is 2. The summed E-state index contributed by atoms with van der Waals surface area (Å²) in [6.07, 6.45) is 1.40. The number of urea groups is 1. The second kappa shape index (κ2) is 7.34. The van der Waals surface area contributed by atoms with E-state index in [9.17, 15) is 9.59 Å². The van der Waals surface area contributed by atoms with Crippen LogP contribution in [0.2, 0.25) is 0 Å². The lowest BCUT2D eigenvalue weighted by Gasteiger charge is -2.13. The van der Waals surface area contributed by atoms with Crippen molar-refractivity contribution in [3.8, 4) is 0 Å². The van der Waals surface area contributed by atoms with E-state index < -0.39 is 12.1 Å². The van der Waals surface area contributed by atoms with Crippen molar-refractivity contribution in [2.75, 3.05) is 11.1 Å². The largest absolute Gasteiger partial charge is 0.368 e. The summed E-state index contributed by atoms with van der Waals surface area (Å²) in [4.78, 5) is 37.9. The molecular weight excluding hydrogens is 334 g/mol. The first-order chi connectivity index (χ1) is 12.5. The van der Waals surface area contributed by atoms with E-state index in [2.05, 4.69) is 25.6 Å². The predicted octanol–water partition coefficient (Wildman–Crippen LogP) is 1.73. The van der Waals surface area contributed by atoms with Crippen molar-refractivity contribution in [3.05, 3.63) is 35.7 Å². The van der Waals surface area contributed by atoms with Gasteiger partial charge in [-0.25, -0.2) is 4.79 Å². The normalized spacial score (nSPS) is 16.7. The van der Waals surface area contributed by atoms with Gasteiger partial charge in [0, 0.05) is 5.69 Å². The van der Waals surface area contributed by atoms with Crippen LogP contribution in [0.1, 0.15) is 31.2 Å². The summed E-state index contributed by atoms with van der Waals surface area (Å²) >= 11 is 0. The Kier molecular flexibility index (Phi) is 4.97. The van der Waals surface area contributed by atoms with Crippen molar-refractivity contribution in [1.29, 1.82) is 0 Å². The van der Waals surface area contributed by atoms with E-state index in [0.29, 0.717) is 6.42 Å². The number of amides is 3. The van der Waals surface area contributed by atoms with Crippen LogP contribution in [0, 0.1) is 6.92 Å². The zero-order valence-corrected chi connectivity index (χ0v) is 14.7. The molecule has 0 aliphatic carbocycles. The number of carbonyl (C=O) groups excluding carboxylic acids is 2.